The van der Waals surface area contributed by atoms with Crippen LogP contribution in [0.25, 0.3) is 214 Å². The smallest absolute Gasteiger partial charge is 0.143 e. The van der Waals surface area contributed by atoms with Gasteiger partial charge in [-0.3, -0.25) is 0 Å². The van der Waals surface area contributed by atoms with Crippen molar-refractivity contribution in [2.24, 2.45) is 0 Å². The number of fused-ring (bicyclic) bond motifs is 22. The van der Waals surface area contributed by atoms with E-state index < -0.39 is 0 Å². The van der Waals surface area contributed by atoms with Crippen LogP contribution in [0.5, 0.6) is 0 Å². The number of para-hydroxylation sites is 2. The van der Waals surface area contributed by atoms with Crippen LogP contribution in [0.2, 0.25) is 0 Å². The lowest BCUT2D eigenvalue weighted by Gasteiger charge is -2.23. The summed E-state index contributed by atoms with van der Waals surface area (Å²) in [5, 5.41) is 23.9. The van der Waals surface area contributed by atoms with Crippen LogP contribution < -0.4 is 0 Å². The second kappa shape index (κ2) is 20.6. The molecule has 0 radical (unpaired) electrons. The van der Waals surface area contributed by atoms with E-state index in [2.05, 4.69) is 340 Å². The summed E-state index contributed by atoms with van der Waals surface area (Å²) in [5.74, 6) is 0. The predicted molar refractivity (Wildman–Crippen MR) is 423 cm³/mol. The van der Waals surface area contributed by atoms with E-state index in [1.807, 2.05) is 0 Å². The lowest BCUT2D eigenvalue weighted by molar-refractivity contribution is 0.661. The largest absolute Gasteiger partial charge is 0.455 e. The molecule has 0 N–H and O–H groups in total. The minimum Gasteiger partial charge on any atom is -0.455 e. The topological polar surface area (TPSA) is 31.2 Å². The van der Waals surface area contributed by atoms with Crippen molar-refractivity contribution in [3.63, 3.8) is 0 Å². The van der Waals surface area contributed by atoms with Gasteiger partial charge in [-0.15, -0.1) is 0 Å². The first-order valence-corrected chi connectivity index (χ1v) is 34.8. The van der Waals surface area contributed by atoms with Crippen LogP contribution in [0.1, 0.15) is 25.0 Å². The highest BCUT2D eigenvalue weighted by Gasteiger charge is 2.37. The van der Waals surface area contributed by atoms with Crippen molar-refractivity contribution in [1.29, 1.82) is 0 Å². The zero-order valence-corrected chi connectivity index (χ0v) is 54.9. The van der Waals surface area contributed by atoms with E-state index in [9.17, 15) is 0 Å². The Hall–Kier alpha value is -12.8. The van der Waals surface area contributed by atoms with Gasteiger partial charge in [0.2, 0.25) is 0 Å². The summed E-state index contributed by atoms with van der Waals surface area (Å²) in [6.45, 7) is 4.81. The third-order valence-corrected chi connectivity index (χ3v) is 22.5. The summed E-state index contributed by atoms with van der Waals surface area (Å²) < 4.78 is 16.0. The van der Waals surface area contributed by atoms with Gasteiger partial charge in [0.1, 0.15) is 22.3 Å². The molecule has 0 spiro atoms. The van der Waals surface area contributed by atoms with Gasteiger partial charge in [-0.1, -0.05) is 257 Å². The number of furan rings is 2. The van der Waals surface area contributed by atoms with E-state index in [0.29, 0.717) is 0 Å². The molecule has 0 atom stereocenters. The minimum atomic E-state index is -0.236. The van der Waals surface area contributed by atoms with Crippen LogP contribution in [0.15, 0.2) is 330 Å². The number of hydrogen-bond acceptors (Lipinski definition) is 2. The molecule has 464 valence electrons. The van der Waals surface area contributed by atoms with Crippen LogP contribution in [0, 0.1) is 0 Å². The monoisotopic (exact) mass is 1270 g/mol. The standard InChI is InChI=1S/C97H59NO2/c1-97(2)84-47-39-60-50-58(36-42-66(60)94(84)80-46-38-63(54-85(80)97)92-74-27-12-8-23-70(74)90(71-24-9-13-28-75(71)92)61-40-48-88-82(52-61)78-44-34-56-18-6-7-21-67(56)95(78)99-88)59-33-32-57-35-45-79-83-53-62(41-49-89(83)100-96(79)81(57)51-59)91-72-25-10-14-29-76(72)93(77-30-15-11-26-73(77)91)64-37-43-69-68-22-16-17-31-86(68)98(87(69)55-64)65-19-4-3-5-20-65/h3-55H,1-2H3. The molecule has 1 aliphatic carbocycles. The second-order valence-corrected chi connectivity index (χ2v) is 28.1. The van der Waals surface area contributed by atoms with E-state index >= 15 is 0 Å². The number of rotatable bonds is 6. The van der Waals surface area contributed by atoms with Gasteiger partial charge < -0.3 is 13.4 Å². The number of nitrogens with zero attached hydrogens (tertiary/aromatic N) is 1. The van der Waals surface area contributed by atoms with Crippen molar-refractivity contribution in [3.8, 4) is 72.4 Å². The van der Waals surface area contributed by atoms with Crippen molar-refractivity contribution >= 4 is 141 Å². The molecule has 0 saturated heterocycles. The Morgan fingerprint density at radius 2 is 0.630 bits per heavy atom. The Morgan fingerprint density at radius 1 is 0.230 bits per heavy atom. The molecule has 0 aliphatic heterocycles. The van der Waals surface area contributed by atoms with Gasteiger partial charge in [0.15, 0.2) is 0 Å². The fraction of sp³-hybridized carbons (Fsp3) is 0.0309. The second-order valence-electron chi connectivity index (χ2n) is 28.1. The maximum atomic E-state index is 7.00. The zero-order valence-electron chi connectivity index (χ0n) is 54.9. The van der Waals surface area contributed by atoms with Gasteiger partial charge in [-0.2, -0.15) is 0 Å². The molecule has 0 amide bonds. The molecule has 100 heavy (non-hydrogen) atoms. The fourth-order valence-electron chi connectivity index (χ4n) is 17.9. The predicted octanol–water partition coefficient (Wildman–Crippen LogP) is 27.3. The van der Waals surface area contributed by atoms with Crippen LogP contribution in [0.3, 0.4) is 0 Å². The van der Waals surface area contributed by atoms with Crippen molar-refractivity contribution < 1.29 is 8.83 Å². The van der Waals surface area contributed by atoms with Crippen molar-refractivity contribution in [3.05, 3.63) is 333 Å². The first-order chi connectivity index (χ1) is 49.3. The van der Waals surface area contributed by atoms with E-state index in [-0.39, 0.29) is 5.41 Å². The summed E-state index contributed by atoms with van der Waals surface area (Å²) in [5.41, 5.74) is 24.3. The molecule has 0 fully saturated rings. The third kappa shape index (κ3) is 7.80. The quantitative estimate of drug-likeness (QED) is 0.155. The van der Waals surface area contributed by atoms with Gasteiger partial charge in [-0.05, 0) is 221 Å². The third-order valence-electron chi connectivity index (χ3n) is 22.5. The number of benzene rings is 18. The van der Waals surface area contributed by atoms with Gasteiger partial charge in [-0.25, -0.2) is 0 Å². The molecule has 1 aliphatic rings. The van der Waals surface area contributed by atoms with Crippen LogP contribution in [0.4, 0.5) is 0 Å². The molecule has 0 unspecified atom stereocenters. The van der Waals surface area contributed by atoms with E-state index in [1.54, 1.807) is 0 Å². The zero-order chi connectivity index (χ0) is 65.6. The van der Waals surface area contributed by atoms with Crippen LogP contribution in [-0.2, 0) is 5.41 Å². The summed E-state index contributed by atoms with van der Waals surface area (Å²) in [4.78, 5) is 0. The summed E-state index contributed by atoms with van der Waals surface area (Å²) in [7, 11) is 0. The van der Waals surface area contributed by atoms with E-state index in [4.69, 9.17) is 8.83 Å². The molecular weight excluding hydrogens is 1210 g/mol. The van der Waals surface area contributed by atoms with Gasteiger partial charge in [0.05, 0.1) is 11.0 Å². The average molecular weight is 1270 g/mol. The molecule has 22 rings (SSSR count). The Bertz CT molecular complexity index is 7060. The Labute approximate surface area is 575 Å². The minimum absolute atomic E-state index is 0.236. The van der Waals surface area contributed by atoms with E-state index in [1.165, 1.54) is 148 Å². The summed E-state index contributed by atoms with van der Waals surface area (Å²) in [6, 6.07) is 120. The van der Waals surface area contributed by atoms with Crippen molar-refractivity contribution in [2.45, 2.75) is 19.3 Å². The van der Waals surface area contributed by atoms with Gasteiger partial charge in [0.25, 0.3) is 0 Å². The normalized spacial score (nSPS) is 13.0. The molecule has 3 heteroatoms. The first-order valence-electron chi connectivity index (χ1n) is 34.8. The van der Waals surface area contributed by atoms with E-state index in [0.717, 1.165) is 76.8 Å². The van der Waals surface area contributed by atoms with Gasteiger partial charge >= 0.3 is 0 Å². The highest BCUT2D eigenvalue weighted by Crippen LogP contribution is 2.55. The fourth-order valence-corrected chi connectivity index (χ4v) is 17.9. The molecule has 0 bridgehead atoms. The summed E-state index contributed by atoms with van der Waals surface area (Å²) >= 11 is 0. The maximum Gasteiger partial charge on any atom is 0.143 e. The molecule has 3 aromatic heterocycles. The maximum absolute atomic E-state index is 7.00. The Kier molecular flexibility index (Phi) is 11.4. The highest BCUT2D eigenvalue weighted by atomic mass is 16.3. The summed E-state index contributed by atoms with van der Waals surface area (Å²) in [6.07, 6.45) is 0. The van der Waals surface area contributed by atoms with Crippen molar-refractivity contribution in [2.75, 3.05) is 0 Å². The average Bonchev–Trinajstić information content (AvgIpc) is 1.62. The Balaban J connectivity index is 0.625. The molecule has 0 saturated carbocycles. The molecule has 3 nitrogen and oxygen atoms in total. The molecular formula is C97H59NO2. The van der Waals surface area contributed by atoms with Crippen LogP contribution in [-0.4, -0.2) is 4.57 Å². The van der Waals surface area contributed by atoms with Crippen LogP contribution >= 0.6 is 0 Å². The Morgan fingerprint density at radius 3 is 1.23 bits per heavy atom. The first kappa shape index (κ1) is 55.3. The lowest BCUT2D eigenvalue weighted by atomic mass is 9.80. The molecule has 18 aromatic carbocycles. The highest BCUT2D eigenvalue weighted by molar-refractivity contribution is 6.26. The SMILES string of the molecule is CC1(C)c2cc(-c3c4ccccc4c(-c4ccc5oc6c7ccccc7ccc6c5c4)c4ccccc34)ccc2-c2c1ccc1cc(-c3ccc4ccc5c6cc(-c7c8ccccc8c(-c8ccc9c%10ccccc%10n(-c%10ccccc%10)c9c8)c8ccccc78)ccc6oc5c4c3)ccc21. The number of aromatic nitrogens is 1. The van der Waals surface area contributed by atoms with Gasteiger partial charge in [0, 0.05) is 54.2 Å². The lowest BCUT2D eigenvalue weighted by Crippen LogP contribution is -2.15. The molecule has 3 heterocycles. The van der Waals surface area contributed by atoms with Crippen molar-refractivity contribution in [1.82, 2.24) is 4.57 Å². The number of hydrogen-bond donors (Lipinski definition) is 0. The molecule has 21 aromatic rings.